The molecule has 0 unspecified atom stereocenters. The van der Waals surface area contributed by atoms with Gasteiger partial charge in [-0.3, -0.25) is 4.98 Å². The van der Waals surface area contributed by atoms with E-state index in [1.54, 1.807) is 18.2 Å². The smallest absolute Gasteiger partial charge is 0.341 e. The van der Waals surface area contributed by atoms with Gasteiger partial charge >= 0.3 is 5.97 Å². The van der Waals surface area contributed by atoms with E-state index >= 15 is 0 Å². The van der Waals surface area contributed by atoms with Gasteiger partial charge in [-0.05, 0) is 30.3 Å². The highest BCUT2D eigenvalue weighted by atomic mass is 32.2. The first-order valence-corrected chi connectivity index (χ1v) is 8.05. The number of hydrogen-bond donors (Lipinski definition) is 0. The molecule has 0 fully saturated rings. The highest BCUT2D eigenvalue weighted by Gasteiger charge is 2.22. The van der Waals surface area contributed by atoms with Crippen LogP contribution in [0.2, 0.25) is 0 Å². The van der Waals surface area contributed by atoms with E-state index in [4.69, 9.17) is 4.74 Å². The molecule has 2 aromatic rings. The molecule has 0 radical (unpaired) electrons. The average molecular weight is 338 g/mol. The normalized spacial score (nSPS) is 11.5. The Morgan fingerprint density at radius 1 is 1.26 bits per heavy atom. The fourth-order valence-corrected chi connectivity index (χ4v) is 2.66. The van der Waals surface area contributed by atoms with Crippen LogP contribution in [0.25, 0.3) is 0 Å². The molecule has 0 atom stereocenters. The van der Waals surface area contributed by atoms with Crippen molar-refractivity contribution in [2.45, 2.75) is 11.5 Å². The van der Waals surface area contributed by atoms with Gasteiger partial charge in [-0.15, -0.1) is 0 Å². The third-order valence-electron chi connectivity index (χ3n) is 3.01. The zero-order chi connectivity index (χ0) is 17.0. The Bertz CT molecular complexity index is 807. The minimum Gasteiger partial charge on any atom is -0.456 e. The van der Waals surface area contributed by atoms with Crippen molar-refractivity contribution < 1.29 is 22.3 Å². The summed E-state index contributed by atoms with van der Waals surface area (Å²) in [6.07, 6.45) is 1.54. The van der Waals surface area contributed by atoms with Crippen LogP contribution >= 0.6 is 0 Å². The van der Waals surface area contributed by atoms with Crippen LogP contribution in [0.1, 0.15) is 16.1 Å². The van der Waals surface area contributed by atoms with Crippen LogP contribution in [0.15, 0.2) is 47.5 Å². The highest BCUT2D eigenvalue weighted by molar-refractivity contribution is 7.89. The van der Waals surface area contributed by atoms with Gasteiger partial charge in [0.15, 0.2) is 0 Å². The Morgan fingerprint density at radius 2 is 2.00 bits per heavy atom. The van der Waals surface area contributed by atoms with Crippen molar-refractivity contribution in [2.24, 2.45) is 0 Å². The van der Waals surface area contributed by atoms with Crippen molar-refractivity contribution in [2.75, 3.05) is 14.1 Å². The van der Waals surface area contributed by atoms with Crippen LogP contribution in [0.4, 0.5) is 4.39 Å². The van der Waals surface area contributed by atoms with Gasteiger partial charge in [-0.25, -0.2) is 21.9 Å². The number of carbonyl (C=O) groups is 1. The Kier molecular flexibility index (Phi) is 5.07. The number of aromatic nitrogens is 1. The number of halogens is 1. The third-order valence-corrected chi connectivity index (χ3v) is 4.82. The Labute approximate surface area is 133 Å². The van der Waals surface area contributed by atoms with Gasteiger partial charge in [-0.2, -0.15) is 0 Å². The number of carbonyl (C=O) groups excluding carboxylic acids is 1. The van der Waals surface area contributed by atoms with Gasteiger partial charge in [-0.1, -0.05) is 6.07 Å². The van der Waals surface area contributed by atoms with Crippen LogP contribution in [0.5, 0.6) is 0 Å². The van der Waals surface area contributed by atoms with Crippen molar-refractivity contribution in [3.8, 4) is 0 Å². The lowest BCUT2D eigenvalue weighted by Crippen LogP contribution is -2.22. The second-order valence-electron chi connectivity index (χ2n) is 4.83. The lowest BCUT2D eigenvalue weighted by atomic mass is 10.2. The first-order chi connectivity index (χ1) is 10.8. The lowest BCUT2D eigenvalue weighted by molar-refractivity contribution is 0.0462. The van der Waals surface area contributed by atoms with E-state index in [-0.39, 0.29) is 11.5 Å². The second-order valence-corrected chi connectivity index (χ2v) is 6.98. The van der Waals surface area contributed by atoms with Gasteiger partial charge in [0.25, 0.3) is 0 Å². The Hall–Kier alpha value is -2.32. The molecular weight excluding hydrogens is 323 g/mol. The number of hydrogen-bond acceptors (Lipinski definition) is 5. The number of sulfonamides is 1. The molecule has 0 N–H and O–H groups in total. The summed E-state index contributed by atoms with van der Waals surface area (Å²) >= 11 is 0. The van der Waals surface area contributed by atoms with Crippen LogP contribution in [0.3, 0.4) is 0 Å². The summed E-state index contributed by atoms with van der Waals surface area (Å²) in [5.41, 5.74) is 0.0576. The number of ether oxygens (including phenoxy) is 1. The maximum atomic E-state index is 13.8. The first kappa shape index (κ1) is 17.0. The van der Waals surface area contributed by atoms with E-state index < -0.39 is 27.4 Å². The van der Waals surface area contributed by atoms with Crippen LogP contribution in [-0.2, 0) is 21.4 Å². The molecule has 8 heteroatoms. The molecule has 23 heavy (non-hydrogen) atoms. The molecule has 0 saturated heterocycles. The van der Waals surface area contributed by atoms with Crippen LogP contribution < -0.4 is 0 Å². The molecule has 0 saturated carbocycles. The van der Waals surface area contributed by atoms with E-state index in [9.17, 15) is 17.6 Å². The molecule has 0 aliphatic carbocycles. The maximum absolute atomic E-state index is 13.8. The number of esters is 1. The van der Waals surface area contributed by atoms with Gasteiger partial charge < -0.3 is 4.74 Å². The van der Waals surface area contributed by atoms with Crippen molar-refractivity contribution in [1.29, 1.82) is 0 Å². The Morgan fingerprint density at radius 3 is 2.61 bits per heavy atom. The molecular formula is C15H15FN2O4S. The summed E-state index contributed by atoms with van der Waals surface area (Å²) in [4.78, 5) is 15.8. The fraction of sp³-hybridized carbons (Fsp3) is 0.200. The van der Waals surface area contributed by atoms with E-state index in [1.807, 2.05) is 0 Å². The molecule has 0 spiro atoms. The van der Waals surface area contributed by atoms with E-state index in [2.05, 4.69) is 4.98 Å². The zero-order valence-corrected chi connectivity index (χ0v) is 13.4. The van der Waals surface area contributed by atoms with Crippen LogP contribution in [-0.4, -0.2) is 37.8 Å². The van der Waals surface area contributed by atoms with Crippen molar-refractivity contribution in [3.05, 3.63) is 59.7 Å². The van der Waals surface area contributed by atoms with Gasteiger partial charge in [0.1, 0.15) is 12.4 Å². The summed E-state index contributed by atoms with van der Waals surface area (Å²) in [5, 5.41) is 0. The molecule has 0 aliphatic rings. The van der Waals surface area contributed by atoms with Crippen molar-refractivity contribution in [3.63, 3.8) is 0 Å². The van der Waals surface area contributed by atoms with Crippen molar-refractivity contribution in [1.82, 2.24) is 9.29 Å². The standard InChI is InChI=1S/C15H15FN2O4S/c1-18(2)23(20,21)12-6-7-14(16)13(9-12)15(19)22-10-11-5-3-4-8-17-11/h3-9H,10H2,1-2H3. The highest BCUT2D eigenvalue weighted by Crippen LogP contribution is 2.18. The zero-order valence-electron chi connectivity index (χ0n) is 12.6. The SMILES string of the molecule is CN(C)S(=O)(=O)c1ccc(F)c(C(=O)OCc2ccccn2)c1. The molecule has 0 aliphatic heterocycles. The summed E-state index contributed by atoms with van der Waals surface area (Å²) < 4.78 is 43.8. The Balaban J connectivity index is 2.23. The van der Waals surface area contributed by atoms with Crippen LogP contribution in [0, 0.1) is 5.82 Å². The monoisotopic (exact) mass is 338 g/mol. The molecule has 0 bridgehead atoms. The number of nitrogens with zero attached hydrogens (tertiary/aromatic N) is 2. The number of rotatable bonds is 5. The van der Waals surface area contributed by atoms with Crippen molar-refractivity contribution >= 4 is 16.0 Å². The van der Waals surface area contributed by atoms with Gasteiger partial charge in [0.2, 0.25) is 10.0 Å². The maximum Gasteiger partial charge on any atom is 0.341 e. The molecule has 2 rings (SSSR count). The average Bonchev–Trinajstić information content (AvgIpc) is 2.53. The number of pyridine rings is 1. The third kappa shape index (κ3) is 3.91. The molecule has 1 heterocycles. The van der Waals surface area contributed by atoms with Gasteiger partial charge in [0.05, 0.1) is 16.2 Å². The number of benzene rings is 1. The second kappa shape index (κ2) is 6.84. The van der Waals surface area contributed by atoms with E-state index in [0.29, 0.717) is 5.69 Å². The lowest BCUT2D eigenvalue weighted by Gasteiger charge is -2.12. The topological polar surface area (TPSA) is 76.6 Å². The quantitative estimate of drug-likeness (QED) is 0.778. The summed E-state index contributed by atoms with van der Waals surface area (Å²) in [5.74, 6) is -1.81. The molecule has 122 valence electrons. The predicted molar refractivity (Wildman–Crippen MR) is 80.6 cm³/mol. The summed E-state index contributed by atoms with van der Waals surface area (Å²) in [6.45, 7) is -0.135. The van der Waals surface area contributed by atoms with E-state index in [1.165, 1.54) is 20.3 Å². The largest absolute Gasteiger partial charge is 0.456 e. The summed E-state index contributed by atoms with van der Waals surface area (Å²) in [6, 6.07) is 8.07. The predicted octanol–water partition coefficient (Wildman–Crippen LogP) is 1.83. The molecule has 6 nitrogen and oxygen atoms in total. The molecule has 1 aromatic heterocycles. The minimum atomic E-state index is -3.77. The minimum absolute atomic E-state index is 0.135. The fourth-order valence-electron chi connectivity index (χ4n) is 1.73. The van der Waals surface area contributed by atoms with Gasteiger partial charge in [0, 0.05) is 20.3 Å². The summed E-state index contributed by atoms with van der Waals surface area (Å²) in [7, 11) is -1.08. The molecule has 0 amide bonds. The first-order valence-electron chi connectivity index (χ1n) is 6.61. The molecule has 1 aromatic carbocycles. The van der Waals surface area contributed by atoms with E-state index in [0.717, 1.165) is 22.5 Å².